The van der Waals surface area contributed by atoms with Crippen LogP contribution in [0.2, 0.25) is 0 Å². The zero-order chi connectivity index (χ0) is 25.3. The van der Waals surface area contributed by atoms with Gasteiger partial charge in [-0.2, -0.15) is 4.31 Å². The molecule has 8 heteroatoms. The highest BCUT2D eigenvalue weighted by atomic mass is 32.2. The van der Waals surface area contributed by atoms with Crippen LogP contribution in [-0.2, 0) is 21.2 Å². The maximum Gasteiger partial charge on any atom is 0.245 e. The molecule has 36 heavy (non-hydrogen) atoms. The van der Waals surface area contributed by atoms with Crippen LogP contribution in [0.15, 0.2) is 77.1 Å². The summed E-state index contributed by atoms with van der Waals surface area (Å²) in [6.45, 7) is 4.58. The van der Waals surface area contributed by atoms with Gasteiger partial charge in [-0.25, -0.2) is 8.42 Å². The lowest BCUT2D eigenvalue weighted by molar-refractivity contribution is -0.133. The van der Waals surface area contributed by atoms with E-state index in [-0.39, 0.29) is 29.9 Å². The Hall–Kier alpha value is -3.07. The number of para-hydroxylation sites is 1. The number of fused-ring (bicyclic) bond motifs is 2. The number of rotatable bonds is 7. The predicted molar refractivity (Wildman–Crippen MR) is 144 cm³/mol. The molecule has 2 aromatic heterocycles. The molecule has 1 amide bonds. The van der Waals surface area contributed by atoms with Gasteiger partial charge in [-0.05, 0) is 60.0 Å². The molecule has 5 rings (SSSR count). The quantitative estimate of drug-likeness (QED) is 0.337. The Labute approximate surface area is 216 Å². The zero-order valence-corrected chi connectivity index (χ0v) is 22.1. The average molecular weight is 520 g/mol. The SMILES string of the molecule is CCCN(CC(=O)N1CCc2sccc2C1c1ccccc1C)S(=O)(=O)c1cccc2cccnc12. The molecule has 0 bridgehead atoms. The van der Waals surface area contributed by atoms with Crippen molar-refractivity contribution in [3.63, 3.8) is 0 Å². The smallest absolute Gasteiger partial charge is 0.245 e. The molecule has 0 saturated carbocycles. The highest BCUT2D eigenvalue weighted by Gasteiger charge is 2.36. The molecule has 6 nitrogen and oxygen atoms in total. The third-order valence-electron chi connectivity index (χ3n) is 6.77. The van der Waals surface area contributed by atoms with E-state index in [1.54, 1.807) is 35.7 Å². The molecule has 1 aliphatic rings. The van der Waals surface area contributed by atoms with Gasteiger partial charge in [-0.3, -0.25) is 9.78 Å². The Morgan fingerprint density at radius 1 is 1.08 bits per heavy atom. The Morgan fingerprint density at radius 3 is 2.69 bits per heavy atom. The van der Waals surface area contributed by atoms with Crippen molar-refractivity contribution in [2.24, 2.45) is 0 Å². The van der Waals surface area contributed by atoms with E-state index in [2.05, 4.69) is 35.5 Å². The molecule has 0 spiro atoms. The van der Waals surface area contributed by atoms with Gasteiger partial charge < -0.3 is 4.90 Å². The minimum atomic E-state index is -3.94. The topological polar surface area (TPSA) is 70.6 Å². The van der Waals surface area contributed by atoms with Crippen LogP contribution in [0.5, 0.6) is 0 Å². The van der Waals surface area contributed by atoms with Crippen LogP contribution < -0.4 is 0 Å². The maximum atomic E-state index is 13.9. The van der Waals surface area contributed by atoms with Gasteiger partial charge in [0.2, 0.25) is 15.9 Å². The van der Waals surface area contributed by atoms with Crippen LogP contribution in [0.25, 0.3) is 10.9 Å². The molecule has 1 unspecified atom stereocenters. The third kappa shape index (κ3) is 4.45. The number of sulfonamides is 1. The highest BCUT2D eigenvalue weighted by Crippen LogP contribution is 2.39. The van der Waals surface area contributed by atoms with Crippen molar-refractivity contribution in [2.75, 3.05) is 19.6 Å². The number of nitrogens with zero attached hydrogens (tertiary/aromatic N) is 3. The van der Waals surface area contributed by atoms with Crippen LogP contribution in [0, 0.1) is 6.92 Å². The first-order valence-corrected chi connectivity index (χ1v) is 14.5. The fraction of sp³-hybridized carbons (Fsp3) is 0.286. The van der Waals surface area contributed by atoms with E-state index in [9.17, 15) is 13.2 Å². The second-order valence-corrected chi connectivity index (χ2v) is 12.0. The Bertz CT molecular complexity index is 1510. The van der Waals surface area contributed by atoms with E-state index >= 15 is 0 Å². The minimum absolute atomic E-state index is 0.135. The number of pyridine rings is 1. The van der Waals surface area contributed by atoms with Crippen LogP contribution in [0.4, 0.5) is 0 Å². The second-order valence-electron chi connectivity index (χ2n) is 9.07. The number of thiophene rings is 1. The van der Waals surface area contributed by atoms with Crippen molar-refractivity contribution in [2.45, 2.75) is 37.6 Å². The summed E-state index contributed by atoms with van der Waals surface area (Å²) >= 11 is 1.72. The van der Waals surface area contributed by atoms with Crippen LogP contribution >= 0.6 is 11.3 Å². The summed E-state index contributed by atoms with van der Waals surface area (Å²) in [5.74, 6) is -0.190. The predicted octanol–water partition coefficient (Wildman–Crippen LogP) is 5.18. The Kier molecular flexibility index (Phi) is 6.92. The first-order valence-electron chi connectivity index (χ1n) is 12.2. The first-order chi connectivity index (χ1) is 17.4. The van der Waals surface area contributed by atoms with Crippen molar-refractivity contribution < 1.29 is 13.2 Å². The van der Waals surface area contributed by atoms with Gasteiger partial charge in [0.1, 0.15) is 4.90 Å². The van der Waals surface area contributed by atoms with Gasteiger partial charge >= 0.3 is 0 Å². The zero-order valence-electron chi connectivity index (χ0n) is 20.4. The third-order valence-corrected chi connectivity index (χ3v) is 9.64. The highest BCUT2D eigenvalue weighted by molar-refractivity contribution is 7.89. The van der Waals surface area contributed by atoms with Gasteiger partial charge in [0, 0.05) is 29.5 Å². The van der Waals surface area contributed by atoms with Crippen molar-refractivity contribution in [1.29, 1.82) is 0 Å². The summed E-state index contributed by atoms with van der Waals surface area (Å²) in [7, 11) is -3.94. The molecule has 1 atom stereocenters. The summed E-state index contributed by atoms with van der Waals surface area (Å²) < 4.78 is 29.0. The summed E-state index contributed by atoms with van der Waals surface area (Å²) in [6.07, 6.45) is 2.96. The number of carbonyl (C=O) groups is 1. The van der Waals surface area contributed by atoms with Gasteiger partial charge in [-0.15, -0.1) is 11.3 Å². The first kappa shape index (κ1) is 24.6. The molecule has 186 valence electrons. The van der Waals surface area contributed by atoms with Crippen molar-refractivity contribution in [3.8, 4) is 0 Å². The van der Waals surface area contributed by atoms with Gasteiger partial charge in [-0.1, -0.05) is 49.4 Å². The summed E-state index contributed by atoms with van der Waals surface area (Å²) in [5, 5.41) is 2.83. The molecule has 2 aromatic carbocycles. The van der Waals surface area contributed by atoms with Crippen molar-refractivity contribution >= 4 is 38.2 Å². The lowest BCUT2D eigenvalue weighted by Gasteiger charge is -2.38. The number of carbonyl (C=O) groups excluding carboxylic acids is 1. The number of benzene rings is 2. The van der Waals surface area contributed by atoms with Crippen LogP contribution in [0.1, 0.15) is 41.0 Å². The van der Waals surface area contributed by atoms with E-state index in [0.717, 1.165) is 28.5 Å². The molecule has 4 aromatic rings. The lowest BCUT2D eigenvalue weighted by Crippen LogP contribution is -2.47. The molecule has 0 radical (unpaired) electrons. The van der Waals surface area contributed by atoms with E-state index in [0.29, 0.717) is 18.5 Å². The molecular formula is C28H29N3O3S2. The number of amides is 1. The fourth-order valence-corrected chi connectivity index (χ4v) is 7.56. The van der Waals surface area contributed by atoms with Crippen molar-refractivity contribution in [3.05, 3.63) is 93.8 Å². The second kappa shape index (κ2) is 10.1. The molecule has 0 fully saturated rings. The van der Waals surface area contributed by atoms with E-state index < -0.39 is 10.0 Å². The lowest BCUT2D eigenvalue weighted by atomic mass is 9.90. The Morgan fingerprint density at radius 2 is 1.89 bits per heavy atom. The number of hydrogen-bond donors (Lipinski definition) is 0. The summed E-state index contributed by atoms with van der Waals surface area (Å²) in [6, 6.07) is 18.8. The number of aromatic nitrogens is 1. The van der Waals surface area contributed by atoms with Crippen LogP contribution in [-0.4, -0.2) is 48.1 Å². The number of aryl methyl sites for hydroxylation is 1. The monoisotopic (exact) mass is 519 g/mol. The summed E-state index contributed by atoms with van der Waals surface area (Å²) in [5.41, 5.74) is 3.75. The maximum absolute atomic E-state index is 13.9. The van der Waals surface area contributed by atoms with E-state index in [4.69, 9.17) is 0 Å². The van der Waals surface area contributed by atoms with Crippen molar-refractivity contribution in [1.82, 2.24) is 14.2 Å². The standard InChI is InChI=1S/C28H29N3O3S2/c1-3-16-30(36(33,34)25-12-6-9-21-10-7-15-29-27(21)25)19-26(32)31-17-13-24-23(14-18-35-24)28(31)22-11-5-4-8-20(22)2/h4-12,14-15,18,28H,3,13,16-17,19H2,1-2H3. The fourth-order valence-electron chi connectivity index (χ4n) is 5.01. The van der Waals surface area contributed by atoms with E-state index in [1.165, 1.54) is 9.18 Å². The average Bonchev–Trinajstić information content (AvgIpc) is 3.37. The molecule has 0 N–H and O–H groups in total. The molecule has 3 heterocycles. The van der Waals surface area contributed by atoms with Crippen LogP contribution in [0.3, 0.4) is 0 Å². The normalized spacial score (nSPS) is 15.9. The Balaban J connectivity index is 1.50. The molecule has 0 aliphatic carbocycles. The van der Waals surface area contributed by atoms with Gasteiger partial charge in [0.15, 0.2) is 0 Å². The largest absolute Gasteiger partial charge is 0.330 e. The molecule has 1 aliphatic heterocycles. The van der Waals surface area contributed by atoms with Gasteiger partial charge in [0.05, 0.1) is 18.1 Å². The minimum Gasteiger partial charge on any atom is -0.330 e. The number of hydrogen-bond acceptors (Lipinski definition) is 5. The van der Waals surface area contributed by atoms with Gasteiger partial charge in [0.25, 0.3) is 0 Å². The summed E-state index contributed by atoms with van der Waals surface area (Å²) in [4.78, 5) is 21.5. The molecule has 0 saturated heterocycles. The molecular weight excluding hydrogens is 490 g/mol. The van der Waals surface area contributed by atoms with E-state index in [1.807, 2.05) is 36.1 Å².